The van der Waals surface area contributed by atoms with E-state index in [1.54, 1.807) is 6.20 Å². The highest BCUT2D eigenvalue weighted by Gasteiger charge is 2.33. The molecule has 3 rings (SSSR count). The van der Waals surface area contributed by atoms with E-state index in [9.17, 15) is 4.79 Å². The first kappa shape index (κ1) is 13.3. The number of nitrogen functional groups attached to an aromatic ring is 1. The molecule has 2 heterocycles. The van der Waals surface area contributed by atoms with Crippen molar-refractivity contribution < 1.29 is 9.53 Å². The zero-order valence-electron chi connectivity index (χ0n) is 11.3. The summed E-state index contributed by atoms with van der Waals surface area (Å²) in [6.07, 6.45) is 5.36. The minimum absolute atomic E-state index is 0.0515. The number of ether oxygens (including phenoxy) is 1. The highest BCUT2D eigenvalue weighted by molar-refractivity contribution is 5.82. The van der Waals surface area contributed by atoms with Gasteiger partial charge in [0.15, 0.2) is 0 Å². The molecule has 1 aliphatic carbocycles. The van der Waals surface area contributed by atoms with Gasteiger partial charge in [0.25, 0.3) is 0 Å². The molecular weight excluding hydrogens is 258 g/mol. The van der Waals surface area contributed by atoms with Crippen molar-refractivity contribution in [2.45, 2.75) is 31.5 Å². The number of amides is 1. The van der Waals surface area contributed by atoms with Gasteiger partial charge in [0, 0.05) is 19.1 Å². The third kappa shape index (κ3) is 3.23. The highest BCUT2D eigenvalue weighted by atomic mass is 16.5. The fourth-order valence-corrected chi connectivity index (χ4v) is 2.25. The van der Waals surface area contributed by atoms with E-state index in [2.05, 4.69) is 20.2 Å². The van der Waals surface area contributed by atoms with E-state index in [-0.39, 0.29) is 11.9 Å². The zero-order valence-corrected chi connectivity index (χ0v) is 11.3. The number of nitrogens with one attached hydrogen (secondary N) is 1. The lowest BCUT2D eigenvalue weighted by Crippen LogP contribution is -2.53. The first-order valence-corrected chi connectivity index (χ1v) is 6.91. The van der Waals surface area contributed by atoms with Crippen LogP contribution in [0.4, 0.5) is 5.82 Å². The maximum absolute atomic E-state index is 12.2. The number of carbonyl (C=O) groups excluding carboxylic acids is 1. The van der Waals surface area contributed by atoms with Gasteiger partial charge in [0.2, 0.25) is 5.91 Å². The molecule has 0 spiro atoms. The van der Waals surface area contributed by atoms with Gasteiger partial charge in [-0.1, -0.05) is 0 Å². The smallest absolute Gasteiger partial charge is 0.239 e. The molecule has 2 aliphatic rings. The van der Waals surface area contributed by atoms with Gasteiger partial charge in [-0.15, -0.1) is 0 Å². The average molecular weight is 277 g/mol. The third-order valence-electron chi connectivity index (χ3n) is 3.56. The van der Waals surface area contributed by atoms with Crippen molar-refractivity contribution >= 4 is 11.7 Å². The third-order valence-corrected chi connectivity index (χ3v) is 3.56. The van der Waals surface area contributed by atoms with Crippen molar-refractivity contribution in [2.75, 3.05) is 25.5 Å². The highest BCUT2D eigenvalue weighted by Crippen LogP contribution is 2.20. The molecule has 7 heteroatoms. The lowest BCUT2D eigenvalue weighted by molar-refractivity contribution is -0.133. The number of anilines is 1. The number of hydrogen-bond donors (Lipinski definition) is 2. The second kappa shape index (κ2) is 5.72. The first-order valence-electron chi connectivity index (χ1n) is 6.91. The zero-order chi connectivity index (χ0) is 13.9. The quantitative estimate of drug-likeness (QED) is 0.773. The molecule has 1 amide bonds. The fraction of sp³-hybridized carbons (Fsp3) is 0.615. The molecule has 1 aliphatic heterocycles. The van der Waals surface area contributed by atoms with E-state index in [0.29, 0.717) is 31.6 Å². The number of morpholine rings is 1. The summed E-state index contributed by atoms with van der Waals surface area (Å²) in [6, 6.07) is 0.117. The van der Waals surface area contributed by atoms with Crippen LogP contribution in [0.3, 0.4) is 0 Å². The summed E-state index contributed by atoms with van der Waals surface area (Å²) in [6.45, 7) is 2.37. The van der Waals surface area contributed by atoms with Crippen LogP contribution in [0, 0.1) is 0 Å². The summed E-state index contributed by atoms with van der Waals surface area (Å²) in [4.78, 5) is 22.6. The Hall–Kier alpha value is -1.73. The predicted molar refractivity (Wildman–Crippen MR) is 72.6 cm³/mol. The number of hydrogen-bond acceptors (Lipinski definition) is 6. The van der Waals surface area contributed by atoms with E-state index < -0.39 is 0 Å². The second-order valence-corrected chi connectivity index (χ2v) is 5.28. The molecule has 3 N–H and O–H groups in total. The van der Waals surface area contributed by atoms with Gasteiger partial charge in [0.1, 0.15) is 11.9 Å². The lowest BCUT2D eigenvalue weighted by atomic mass is 10.2. The Bertz CT molecular complexity index is 474. The molecule has 1 aromatic rings. The predicted octanol–water partition coefficient (Wildman–Crippen LogP) is -0.462. The summed E-state index contributed by atoms with van der Waals surface area (Å²) < 4.78 is 5.43. The Morgan fingerprint density at radius 1 is 1.45 bits per heavy atom. The van der Waals surface area contributed by atoms with Crippen LogP contribution < -0.4 is 11.1 Å². The van der Waals surface area contributed by atoms with Crippen LogP contribution in [0.5, 0.6) is 0 Å². The average Bonchev–Trinajstić information content (AvgIpc) is 3.26. The standard InChI is InChI=1S/C13H19N5O2/c14-12-6-15-10(5-16-12)7-18-3-4-20-8-11(18)13(19)17-9-1-2-9/h5-6,9,11H,1-4,7-8H2,(H2,14,16)(H,17,19). The second-order valence-electron chi connectivity index (χ2n) is 5.28. The van der Waals surface area contributed by atoms with Gasteiger partial charge in [-0.3, -0.25) is 14.7 Å². The molecule has 108 valence electrons. The summed E-state index contributed by atoms with van der Waals surface area (Å²) in [7, 11) is 0. The maximum Gasteiger partial charge on any atom is 0.239 e. The maximum atomic E-state index is 12.2. The van der Waals surface area contributed by atoms with E-state index in [1.807, 2.05) is 0 Å². The van der Waals surface area contributed by atoms with Crippen molar-refractivity contribution in [1.29, 1.82) is 0 Å². The van der Waals surface area contributed by atoms with Gasteiger partial charge in [-0.2, -0.15) is 0 Å². The normalized spacial score (nSPS) is 23.5. The number of aromatic nitrogens is 2. The van der Waals surface area contributed by atoms with Gasteiger partial charge in [-0.05, 0) is 12.8 Å². The Labute approximate surface area is 117 Å². The Morgan fingerprint density at radius 2 is 2.30 bits per heavy atom. The molecule has 2 fully saturated rings. The minimum atomic E-state index is -0.247. The number of nitrogens with zero attached hydrogens (tertiary/aromatic N) is 3. The van der Waals surface area contributed by atoms with Crippen LogP contribution in [0.15, 0.2) is 12.4 Å². The van der Waals surface area contributed by atoms with E-state index in [4.69, 9.17) is 10.5 Å². The molecule has 1 aromatic heterocycles. The Morgan fingerprint density at radius 3 is 3.00 bits per heavy atom. The van der Waals surface area contributed by atoms with Crippen LogP contribution in [0.25, 0.3) is 0 Å². The van der Waals surface area contributed by atoms with Crippen LogP contribution >= 0.6 is 0 Å². The Kier molecular flexibility index (Phi) is 3.79. The van der Waals surface area contributed by atoms with Gasteiger partial charge in [-0.25, -0.2) is 4.98 Å². The van der Waals surface area contributed by atoms with Crippen molar-refractivity contribution in [1.82, 2.24) is 20.2 Å². The van der Waals surface area contributed by atoms with Gasteiger partial charge >= 0.3 is 0 Å². The van der Waals surface area contributed by atoms with E-state index in [0.717, 1.165) is 25.1 Å². The summed E-state index contributed by atoms with van der Waals surface area (Å²) >= 11 is 0. The Balaban J connectivity index is 1.64. The number of carbonyl (C=O) groups is 1. The summed E-state index contributed by atoms with van der Waals surface area (Å²) in [5.74, 6) is 0.453. The largest absolute Gasteiger partial charge is 0.382 e. The molecule has 0 bridgehead atoms. The van der Waals surface area contributed by atoms with Gasteiger partial charge in [0.05, 0.1) is 31.3 Å². The topological polar surface area (TPSA) is 93.4 Å². The van der Waals surface area contributed by atoms with Crippen LogP contribution in [-0.4, -0.2) is 52.6 Å². The van der Waals surface area contributed by atoms with Crippen LogP contribution in [0.1, 0.15) is 18.5 Å². The fourth-order valence-electron chi connectivity index (χ4n) is 2.25. The molecular formula is C13H19N5O2. The monoisotopic (exact) mass is 277 g/mol. The van der Waals surface area contributed by atoms with Gasteiger partial charge < -0.3 is 15.8 Å². The molecule has 1 atom stereocenters. The number of rotatable bonds is 4. The summed E-state index contributed by atoms with van der Waals surface area (Å²) in [5, 5.41) is 3.03. The van der Waals surface area contributed by atoms with Crippen LogP contribution in [-0.2, 0) is 16.1 Å². The van der Waals surface area contributed by atoms with E-state index >= 15 is 0 Å². The van der Waals surface area contributed by atoms with Crippen molar-refractivity contribution in [3.05, 3.63) is 18.1 Å². The first-order chi connectivity index (χ1) is 9.72. The molecule has 1 saturated carbocycles. The minimum Gasteiger partial charge on any atom is -0.382 e. The van der Waals surface area contributed by atoms with E-state index in [1.165, 1.54) is 6.20 Å². The lowest BCUT2D eigenvalue weighted by Gasteiger charge is -2.34. The molecule has 0 aromatic carbocycles. The van der Waals surface area contributed by atoms with Crippen molar-refractivity contribution in [2.24, 2.45) is 0 Å². The molecule has 1 unspecified atom stereocenters. The van der Waals surface area contributed by atoms with Crippen molar-refractivity contribution in [3.63, 3.8) is 0 Å². The summed E-state index contributed by atoms with van der Waals surface area (Å²) in [5.41, 5.74) is 6.34. The molecule has 7 nitrogen and oxygen atoms in total. The number of nitrogens with two attached hydrogens (primary N) is 1. The molecule has 20 heavy (non-hydrogen) atoms. The molecule has 1 saturated heterocycles. The molecule has 0 radical (unpaired) electrons. The van der Waals surface area contributed by atoms with Crippen molar-refractivity contribution in [3.8, 4) is 0 Å². The SMILES string of the molecule is Nc1cnc(CN2CCOCC2C(=O)NC2CC2)cn1. The van der Waals surface area contributed by atoms with Crippen LogP contribution in [0.2, 0.25) is 0 Å².